The van der Waals surface area contributed by atoms with E-state index in [4.69, 9.17) is 4.74 Å². The fraction of sp³-hybridized carbons (Fsp3) is 0.714. The van der Waals surface area contributed by atoms with Gasteiger partial charge >= 0.3 is 0 Å². The number of hydrogen-bond donors (Lipinski definition) is 1. The first kappa shape index (κ1) is 19.0. The molecular weight excluding hydrogens is 332 g/mol. The van der Waals surface area contributed by atoms with Crippen LogP contribution in [0.25, 0.3) is 0 Å². The smallest absolute Gasteiger partial charge is 0.0603 e. The molecule has 25 heavy (non-hydrogen) atoms. The molecule has 1 saturated carbocycles. The molecule has 2 aliphatic heterocycles. The molecule has 140 valence electrons. The van der Waals surface area contributed by atoms with Crippen molar-refractivity contribution in [1.82, 2.24) is 4.90 Å². The average Bonchev–Trinajstić information content (AvgIpc) is 3.08. The van der Waals surface area contributed by atoms with Gasteiger partial charge in [0.25, 0.3) is 0 Å². The molecule has 3 nitrogen and oxygen atoms in total. The summed E-state index contributed by atoms with van der Waals surface area (Å²) < 4.78 is 6.41. The van der Waals surface area contributed by atoms with Crippen LogP contribution in [0.3, 0.4) is 0 Å². The lowest BCUT2D eigenvalue weighted by Gasteiger charge is -2.36. The number of nitrogens with one attached hydrogen (secondary N) is 1. The van der Waals surface area contributed by atoms with E-state index in [1.807, 2.05) is 0 Å². The number of ether oxygens (including phenoxy) is 1. The van der Waals surface area contributed by atoms with Crippen molar-refractivity contribution in [2.75, 3.05) is 25.0 Å². The average molecular weight is 365 g/mol. The van der Waals surface area contributed by atoms with Gasteiger partial charge in [0, 0.05) is 31.9 Å². The topological polar surface area (TPSA) is 24.5 Å². The summed E-state index contributed by atoms with van der Waals surface area (Å²) in [6, 6.07) is 6.79. The molecule has 4 heteroatoms. The van der Waals surface area contributed by atoms with E-state index in [9.17, 15) is 0 Å². The van der Waals surface area contributed by atoms with E-state index in [2.05, 4.69) is 35.3 Å². The minimum absolute atomic E-state index is 0. The summed E-state index contributed by atoms with van der Waals surface area (Å²) >= 11 is 0. The number of halogens is 1. The Kier molecular flexibility index (Phi) is 6.65. The summed E-state index contributed by atoms with van der Waals surface area (Å²) in [6.45, 7) is 6.92. The van der Waals surface area contributed by atoms with E-state index in [1.54, 1.807) is 0 Å². The molecule has 1 aliphatic carbocycles. The van der Waals surface area contributed by atoms with Gasteiger partial charge in [-0.1, -0.05) is 25.1 Å². The number of hydrogen-bond acceptors (Lipinski definition) is 3. The molecule has 0 radical (unpaired) electrons. The minimum atomic E-state index is 0. The number of piperidine rings is 1. The van der Waals surface area contributed by atoms with Crippen LogP contribution in [0.2, 0.25) is 0 Å². The molecule has 1 saturated heterocycles. The number of anilines is 1. The van der Waals surface area contributed by atoms with E-state index in [0.29, 0.717) is 12.2 Å². The van der Waals surface area contributed by atoms with Crippen LogP contribution in [0.4, 0.5) is 5.69 Å². The molecule has 1 N–H and O–H groups in total. The predicted molar refractivity (Wildman–Crippen MR) is 107 cm³/mol. The van der Waals surface area contributed by atoms with Crippen molar-refractivity contribution < 1.29 is 4.74 Å². The predicted octanol–water partition coefficient (Wildman–Crippen LogP) is 4.64. The highest BCUT2D eigenvalue weighted by atomic mass is 35.5. The van der Waals surface area contributed by atoms with Crippen LogP contribution in [0.15, 0.2) is 18.2 Å². The Morgan fingerprint density at radius 2 is 1.76 bits per heavy atom. The summed E-state index contributed by atoms with van der Waals surface area (Å²) in [5.41, 5.74) is 4.38. The molecule has 0 amide bonds. The van der Waals surface area contributed by atoms with Gasteiger partial charge in [-0.15, -0.1) is 12.4 Å². The molecule has 0 unspecified atom stereocenters. The SMILES string of the molecule is CC1CCC(OC2CCN(Cc3cccc4c3NCC4)CC2)CC1.Cl. The van der Waals surface area contributed by atoms with Crippen LogP contribution in [0.5, 0.6) is 0 Å². The van der Waals surface area contributed by atoms with Gasteiger partial charge in [-0.2, -0.15) is 0 Å². The monoisotopic (exact) mass is 364 g/mol. The van der Waals surface area contributed by atoms with Crippen molar-refractivity contribution in [2.24, 2.45) is 5.92 Å². The third-order valence-corrected chi connectivity index (χ3v) is 6.21. The van der Waals surface area contributed by atoms with Crippen molar-refractivity contribution >= 4 is 18.1 Å². The van der Waals surface area contributed by atoms with Crippen LogP contribution in [-0.2, 0) is 17.7 Å². The standard InChI is InChI=1S/C21H32N2O.ClH/c1-16-5-7-19(8-6-16)24-20-10-13-23(14-11-20)15-18-4-2-3-17-9-12-22-21(17)18;/h2-4,16,19-20,22H,5-15H2,1H3;1H. The fourth-order valence-electron chi connectivity index (χ4n) is 4.62. The highest BCUT2D eigenvalue weighted by Crippen LogP contribution is 2.30. The zero-order chi connectivity index (χ0) is 16.4. The van der Waals surface area contributed by atoms with Crippen molar-refractivity contribution in [3.05, 3.63) is 29.3 Å². The fourth-order valence-corrected chi connectivity index (χ4v) is 4.62. The zero-order valence-electron chi connectivity index (χ0n) is 15.5. The molecule has 0 spiro atoms. The van der Waals surface area contributed by atoms with Gasteiger partial charge in [0.05, 0.1) is 12.2 Å². The number of benzene rings is 1. The first-order valence-corrected chi connectivity index (χ1v) is 10.0. The van der Waals surface area contributed by atoms with Gasteiger partial charge < -0.3 is 10.1 Å². The number of rotatable bonds is 4. The summed E-state index contributed by atoms with van der Waals surface area (Å²) in [4.78, 5) is 2.61. The maximum absolute atomic E-state index is 6.41. The van der Waals surface area contributed by atoms with Crippen LogP contribution in [0, 0.1) is 5.92 Å². The lowest BCUT2D eigenvalue weighted by molar-refractivity contribution is -0.0607. The summed E-state index contributed by atoms with van der Waals surface area (Å²) in [6.07, 6.45) is 9.90. The molecule has 1 aromatic rings. The van der Waals surface area contributed by atoms with Crippen LogP contribution in [-0.4, -0.2) is 36.7 Å². The Hall–Kier alpha value is -0.770. The normalized spacial score (nSPS) is 27.4. The quantitative estimate of drug-likeness (QED) is 0.842. The number of fused-ring (bicyclic) bond motifs is 1. The van der Waals surface area contributed by atoms with Gasteiger partial charge in [-0.3, -0.25) is 4.90 Å². The molecule has 3 aliphatic rings. The highest BCUT2D eigenvalue weighted by molar-refractivity contribution is 5.85. The Labute approximate surface area is 158 Å². The molecule has 0 aromatic heterocycles. The Balaban J connectivity index is 0.00000182. The summed E-state index contributed by atoms with van der Waals surface area (Å²) in [5, 5.41) is 3.57. The molecule has 4 rings (SSSR count). The molecular formula is C21H33ClN2O. The van der Waals surface area contributed by atoms with E-state index in [-0.39, 0.29) is 12.4 Å². The molecule has 0 atom stereocenters. The second-order valence-corrected chi connectivity index (χ2v) is 8.12. The molecule has 0 bridgehead atoms. The number of likely N-dealkylation sites (tertiary alicyclic amines) is 1. The lowest BCUT2D eigenvalue weighted by Crippen LogP contribution is -2.38. The van der Waals surface area contributed by atoms with Crippen LogP contribution in [0.1, 0.15) is 56.6 Å². The lowest BCUT2D eigenvalue weighted by atomic mass is 9.88. The van der Waals surface area contributed by atoms with Crippen molar-refractivity contribution in [3.63, 3.8) is 0 Å². The van der Waals surface area contributed by atoms with E-state index in [0.717, 1.165) is 19.0 Å². The van der Waals surface area contributed by atoms with E-state index < -0.39 is 0 Å². The van der Waals surface area contributed by atoms with Gasteiger partial charge in [-0.25, -0.2) is 0 Å². The van der Waals surface area contributed by atoms with Crippen molar-refractivity contribution in [2.45, 2.75) is 70.6 Å². The van der Waals surface area contributed by atoms with Gasteiger partial charge in [-0.05, 0) is 62.0 Å². The maximum atomic E-state index is 6.41. The molecule has 2 fully saturated rings. The second-order valence-electron chi connectivity index (χ2n) is 8.12. The van der Waals surface area contributed by atoms with E-state index >= 15 is 0 Å². The zero-order valence-corrected chi connectivity index (χ0v) is 16.3. The van der Waals surface area contributed by atoms with Crippen molar-refractivity contribution in [3.8, 4) is 0 Å². The van der Waals surface area contributed by atoms with E-state index in [1.165, 1.54) is 74.8 Å². The van der Waals surface area contributed by atoms with Gasteiger partial charge in [0.1, 0.15) is 0 Å². The molecule has 1 aromatic carbocycles. The first-order chi connectivity index (χ1) is 11.8. The third-order valence-electron chi connectivity index (χ3n) is 6.21. The van der Waals surface area contributed by atoms with Gasteiger partial charge in [0.2, 0.25) is 0 Å². The number of para-hydroxylation sites is 1. The van der Waals surface area contributed by atoms with Crippen LogP contribution >= 0.6 is 12.4 Å². The minimum Gasteiger partial charge on any atom is -0.384 e. The Morgan fingerprint density at radius 3 is 2.52 bits per heavy atom. The summed E-state index contributed by atoms with van der Waals surface area (Å²) in [7, 11) is 0. The Morgan fingerprint density at radius 1 is 1.04 bits per heavy atom. The largest absolute Gasteiger partial charge is 0.384 e. The summed E-state index contributed by atoms with van der Waals surface area (Å²) in [5.74, 6) is 0.910. The maximum Gasteiger partial charge on any atom is 0.0603 e. The highest BCUT2D eigenvalue weighted by Gasteiger charge is 2.26. The van der Waals surface area contributed by atoms with Gasteiger partial charge in [0.15, 0.2) is 0 Å². The first-order valence-electron chi connectivity index (χ1n) is 10.0. The third kappa shape index (κ3) is 4.69. The molecule has 2 heterocycles. The number of nitrogens with zero attached hydrogens (tertiary/aromatic N) is 1. The van der Waals surface area contributed by atoms with Crippen molar-refractivity contribution in [1.29, 1.82) is 0 Å². The Bertz CT molecular complexity index is 549. The second kappa shape index (κ2) is 8.75. The van der Waals surface area contributed by atoms with Crippen LogP contribution < -0.4 is 5.32 Å².